The van der Waals surface area contributed by atoms with Gasteiger partial charge >= 0.3 is 5.97 Å². The summed E-state index contributed by atoms with van der Waals surface area (Å²) in [5.74, 6) is -0.181. The molecule has 1 aromatic heterocycles. The number of carboxylic acids is 1. The van der Waals surface area contributed by atoms with Crippen molar-refractivity contribution in [3.63, 3.8) is 0 Å². The van der Waals surface area contributed by atoms with E-state index in [-0.39, 0.29) is 5.78 Å². The molecule has 1 amide bonds. The number of Topliss-reactive ketones (excluding diaryl/α,β-unsaturated/α-hetero) is 1. The standard InChI is InChI=1S/C14H18N2O4S/c1-9(17)10-7-11(16(2)8-10)12(18)15-14(13(19)20)3-5-21-6-4-14/h7-8H,3-6H2,1-2H3,(H,15,18)(H,19,20). The van der Waals surface area contributed by atoms with Crippen LogP contribution in [0.15, 0.2) is 12.3 Å². The van der Waals surface area contributed by atoms with Crippen LogP contribution in [-0.2, 0) is 11.8 Å². The monoisotopic (exact) mass is 310 g/mol. The zero-order valence-corrected chi connectivity index (χ0v) is 12.8. The van der Waals surface area contributed by atoms with Gasteiger partial charge in [0.2, 0.25) is 0 Å². The fraction of sp³-hybridized carbons (Fsp3) is 0.500. The van der Waals surface area contributed by atoms with Gasteiger partial charge in [-0.3, -0.25) is 9.59 Å². The molecule has 0 aromatic carbocycles. The van der Waals surface area contributed by atoms with E-state index in [1.807, 2.05) is 0 Å². The van der Waals surface area contributed by atoms with Gasteiger partial charge in [0, 0.05) is 18.8 Å². The van der Waals surface area contributed by atoms with Gasteiger partial charge in [-0.2, -0.15) is 11.8 Å². The van der Waals surface area contributed by atoms with Crippen molar-refractivity contribution in [3.8, 4) is 0 Å². The van der Waals surface area contributed by atoms with Gasteiger partial charge in [-0.1, -0.05) is 0 Å². The van der Waals surface area contributed by atoms with E-state index in [1.54, 1.807) is 29.6 Å². The van der Waals surface area contributed by atoms with Crippen LogP contribution in [0.3, 0.4) is 0 Å². The summed E-state index contributed by atoms with van der Waals surface area (Å²) in [6.07, 6.45) is 2.38. The van der Waals surface area contributed by atoms with E-state index in [2.05, 4.69) is 5.32 Å². The van der Waals surface area contributed by atoms with Crippen molar-refractivity contribution in [2.24, 2.45) is 7.05 Å². The molecule has 2 rings (SSSR count). The summed E-state index contributed by atoms with van der Waals surface area (Å²) in [5.41, 5.74) is -0.478. The third kappa shape index (κ3) is 3.12. The Labute approximate surface area is 126 Å². The zero-order chi connectivity index (χ0) is 15.6. The molecule has 2 N–H and O–H groups in total. The van der Waals surface area contributed by atoms with Crippen molar-refractivity contribution >= 4 is 29.4 Å². The zero-order valence-electron chi connectivity index (χ0n) is 12.0. The van der Waals surface area contributed by atoms with Gasteiger partial charge in [0.25, 0.3) is 5.91 Å². The summed E-state index contributed by atoms with van der Waals surface area (Å²) < 4.78 is 1.54. The Balaban J connectivity index is 2.23. The van der Waals surface area contributed by atoms with Gasteiger partial charge in [-0.25, -0.2) is 4.79 Å². The van der Waals surface area contributed by atoms with Crippen LogP contribution in [0, 0.1) is 0 Å². The number of aromatic nitrogens is 1. The van der Waals surface area contributed by atoms with Gasteiger partial charge in [0.15, 0.2) is 5.78 Å². The van der Waals surface area contributed by atoms with Crippen LogP contribution < -0.4 is 5.32 Å². The largest absolute Gasteiger partial charge is 0.480 e. The number of aryl methyl sites for hydroxylation is 1. The molecular weight excluding hydrogens is 292 g/mol. The van der Waals surface area contributed by atoms with Crippen molar-refractivity contribution in [2.75, 3.05) is 11.5 Å². The first kappa shape index (κ1) is 15.6. The second-order valence-corrected chi connectivity index (χ2v) is 6.46. The Morgan fingerprint density at radius 3 is 2.43 bits per heavy atom. The molecule has 1 aromatic rings. The van der Waals surface area contributed by atoms with E-state index in [0.29, 0.717) is 35.6 Å². The third-order valence-electron chi connectivity index (χ3n) is 3.75. The fourth-order valence-electron chi connectivity index (χ4n) is 2.38. The number of amides is 1. The van der Waals surface area contributed by atoms with Gasteiger partial charge < -0.3 is 15.0 Å². The van der Waals surface area contributed by atoms with Crippen LogP contribution in [0.1, 0.15) is 40.6 Å². The summed E-state index contributed by atoms with van der Waals surface area (Å²) >= 11 is 1.68. The topological polar surface area (TPSA) is 88.4 Å². The quantitative estimate of drug-likeness (QED) is 0.819. The second-order valence-electron chi connectivity index (χ2n) is 5.23. The lowest BCUT2D eigenvalue weighted by atomic mass is 9.92. The molecule has 0 radical (unpaired) electrons. The minimum Gasteiger partial charge on any atom is -0.480 e. The second kappa shape index (κ2) is 5.93. The normalized spacial score (nSPS) is 17.2. The van der Waals surface area contributed by atoms with Crippen LogP contribution in [0.4, 0.5) is 0 Å². The van der Waals surface area contributed by atoms with Crippen molar-refractivity contribution in [2.45, 2.75) is 25.3 Å². The molecule has 2 heterocycles. The van der Waals surface area contributed by atoms with Crippen molar-refractivity contribution < 1.29 is 19.5 Å². The smallest absolute Gasteiger partial charge is 0.329 e. The fourth-order valence-corrected chi connectivity index (χ4v) is 3.57. The molecule has 6 nitrogen and oxygen atoms in total. The number of hydrogen-bond donors (Lipinski definition) is 2. The van der Waals surface area contributed by atoms with Crippen molar-refractivity contribution in [3.05, 3.63) is 23.5 Å². The number of hydrogen-bond acceptors (Lipinski definition) is 4. The summed E-state index contributed by atoms with van der Waals surface area (Å²) in [6.45, 7) is 1.42. The first-order valence-corrected chi connectivity index (χ1v) is 7.82. The van der Waals surface area contributed by atoms with Crippen molar-refractivity contribution in [1.29, 1.82) is 0 Å². The molecular formula is C14H18N2O4S. The van der Waals surface area contributed by atoms with Crippen LogP contribution >= 0.6 is 11.8 Å². The molecule has 0 atom stereocenters. The molecule has 1 fully saturated rings. The number of nitrogens with zero attached hydrogens (tertiary/aromatic N) is 1. The number of carbonyl (C=O) groups excluding carboxylic acids is 2. The minimum atomic E-state index is -1.21. The maximum atomic E-state index is 12.4. The highest BCUT2D eigenvalue weighted by Crippen LogP contribution is 2.28. The summed E-state index contributed by atoms with van der Waals surface area (Å²) in [7, 11) is 1.66. The number of aliphatic carboxylic acids is 1. The molecule has 114 valence electrons. The van der Waals surface area contributed by atoms with Crippen LogP contribution in [-0.4, -0.2) is 44.4 Å². The number of carboxylic acid groups (broad SMARTS) is 1. The molecule has 1 aliphatic heterocycles. The number of carbonyl (C=O) groups is 3. The predicted molar refractivity (Wildman–Crippen MR) is 79.8 cm³/mol. The van der Waals surface area contributed by atoms with E-state index < -0.39 is 17.4 Å². The van der Waals surface area contributed by atoms with E-state index in [1.165, 1.54) is 13.0 Å². The highest BCUT2D eigenvalue weighted by Gasteiger charge is 2.41. The Kier molecular flexibility index (Phi) is 4.41. The SMILES string of the molecule is CC(=O)c1cc(C(=O)NC2(C(=O)O)CCSCC2)n(C)c1. The number of rotatable bonds is 4. The molecule has 0 saturated carbocycles. The molecule has 1 aliphatic rings. The molecule has 1 saturated heterocycles. The first-order chi connectivity index (χ1) is 9.85. The van der Waals surface area contributed by atoms with Gasteiger partial charge in [0.1, 0.15) is 11.2 Å². The van der Waals surface area contributed by atoms with Crippen molar-refractivity contribution in [1.82, 2.24) is 9.88 Å². The average molecular weight is 310 g/mol. The molecule has 0 unspecified atom stereocenters. The average Bonchev–Trinajstić information content (AvgIpc) is 2.82. The lowest BCUT2D eigenvalue weighted by molar-refractivity contribution is -0.144. The highest BCUT2D eigenvalue weighted by atomic mass is 32.2. The Bertz CT molecular complexity index is 588. The predicted octanol–water partition coefficient (Wildman–Crippen LogP) is 1.31. The Morgan fingerprint density at radius 2 is 1.95 bits per heavy atom. The van der Waals surface area contributed by atoms with E-state index in [4.69, 9.17) is 0 Å². The van der Waals surface area contributed by atoms with Crippen LogP contribution in [0.25, 0.3) is 0 Å². The maximum Gasteiger partial charge on any atom is 0.329 e. The van der Waals surface area contributed by atoms with Gasteiger partial charge in [0.05, 0.1) is 0 Å². The van der Waals surface area contributed by atoms with Gasteiger partial charge in [-0.15, -0.1) is 0 Å². The Morgan fingerprint density at radius 1 is 1.33 bits per heavy atom. The lowest BCUT2D eigenvalue weighted by Crippen LogP contribution is -2.56. The lowest BCUT2D eigenvalue weighted by Gasteiger charge is -2.33. The maximum absolute atomic E-state index is 12.4. The number of nitrogens with one attached hydrogen (secondary N) is 1. The summed E-state index contributed by atoms with van der Waals surface area (Å²) in [5, 5.41) is 12.1. The first-order valence-electron chi connectivity index (χ1n) is 6.67. The molecule has 0 aliphatic carbocycles. The van der Waals surface area contributed by atoms with Gasteiger partial charge in [-0.05, 0) is 37.3 Å². The molecule has 21 heavy (non-hydrogen) atoms. The molecule has 0 spiro atoms. The van der Waals surface area contributed by atoms with E-state index in [0.717, 1.165) is 0 Å². The van der Waals surface area contributed by atoms with Crippen LogP contribution in [0.5, 0.6) is 0 Å². The third-order valence-corrected chi connectivity index (χ3v) is 4.74. The highest BCUT2D eigenvalue weighted by molar-refractivity contribution is 7.99. The summed E-state index contributed by atoms with van der Waals surface area (Å²) in [6, 6.07) is 1.49. The number of ketones is 1. The Hall–Kier alpha value is -1.76. The van der Waals surface area contributed by atoms with E-state index in [9.17, 15) is 19.5 Å². The number of thioether (sulfide) groups is 1. The van der Waals surface area contributed by atoms with E-state index >= 15 is 0 Å². The minimum absolute atomic E-state index is 0.133. The summed E-state index contributed by atoms with van der Waals surface area (Å²) in [4.78, 5) is 35.3. The van der Waals surface area contributed by atoms with Crippen LogP contribution in [0.2, 0.25) is 0 Å². The molecule has 7 heteroatoms. The molecule has 0 bridgehead atoms.